The van der Waals surface area contributed by atoms with Crippen LogP contribution >= 0.6 is 0 Å². The van der Waals surface area contributed by atoms with Crippen LogP contribution in [0.2, 0.25) is 0 Å². The van der Waals surface area contributed by atoms with Crippen LogP contribution in [0.15, 0.2) is 18.2 Å². The summed E-state index contributed by atoms with van der Waals surface area (Å²) in [7, 11) is 5.84. The highest BCUT2D eigenvalue weighted by molar-refractivity contribution is 5.91. The zero-order chi connectivity index (χ0) is 14.2. The molecule has 2 rings (SSSR count). The van der Waals surface area contributed by atoms with Crippen LogP contribution in [0.3, 0.4) is 0 Å². The van der Waals surface area contributed by atoms with E-state index in [1.165, 1.54) is 22.2 Å². The molecule has 1 aromatic carbocycles. The Morgan fingerprint density at radius 3 is 2.58 bits per heavy atom. The molecule has 0 spiro atoms. The standard InChI is InChI=1S/C16H24N2O/c1-11-14(16(2,3)10-17-4)12-8-7-9-13(19-6)15(12)18(11)5/h7-9,17H,10H2,1-6H3. The summed E-state index contributed by atoms with van der Waals surface area (Å²) in [6, 6.07) is 6.29. The number of rotatable bonds is 4. The molecule has 0 saturated heterocycles. The van der Waals surface area contributed by atoms with Crippen molar-refractivity contribution < 1.29 is 4.74 Å². The number of hydrogen-bond donors (Lipinski definition) is 1. The van der Waals surface area contributed by atoms with Crippen molar-refractivity contribution in [3.8, 4) is 5.75 Å². The zero-order valence-electron chi connectivity index (χ0n) is 12.8. The third-order valence-electron chi connectivity index (χ3n) is 3.98. The van der Waals surface area contributed by atoms with Gasteiger partial charge in [-0.05, 0) is 25.6 Å². The maximum atomic E-state index is 5.51. The van der Waals surface area contributed by atoms with Gasteiger partial charge in [0.05, 0.1) is 12.6 Å². The van der Waals surface area contributed by atoms with Gasteiger partial charge < -0.3 is 14.6 Å². The number of para-hydroxylation sites is 1. The second-order valence-electron chi connectivity index (χ2n) is 5.79. The predicted octanol–water partition coefficient (Wildman–Crippen LogP) is 2.99. The molecule has 3 nitrogen and oxygen atoms in total. The van der Waals surface area contributed by atoms with Gasteiger partial charge in [0.25, 0.3) is 0 Å². The van der Waals surface area contributed by atoms with E-state index in [0.717, 1.165) is 12.3 Å². The third kappa shape index (κ3) is 2.12. The topological polar surface area (TPSA) is 26.2 Å². The number of methoxy groups -OCH3 is 1. The summed E-state index contributed by atoms with van der Waals surface area (Å²) < 4.78 is 7.75. The largest absolute Gasteiger partial charge is 0.495 e. The van der Waals surface area contributed by atoms with Crippen LogP contribution < -0.4 is 10.1 Å². The number of hydrogen-bond acceptors (Lipinski definition) is 2. The van der Waals surface area contributed by atoms with Gasteiger partial charge in [-0.15, -0.1) is 0 Å². The number of aryl methyl sites for hydroxylation is 1. The van der Waals surface area contributed by atoms with E-state index in [1.807, 2.05) is 13.1 Å². The van der Waals surface area contributed by atoms with Crippen LogP contribution in [0.1, 0.15) is 25.1 Å². The number of aromatic nitrogens is 1. The fourth-order valence-corrected chi connectivity index (χ4v) is 3.15. The molecule has 104 valence electrons. The smallest absolute Gasteiger partial charge is 0.143 e. The Morgan fingerprint density at radius 2 is 2.00 bits per heavy atom. The van der Waals surface area contributed by atoms with Gasteiger partial charge in [-0.1, -0.05) is 26.0 Å². The van der Waals surface area contributed by atoms with E-state index < -0.39 is 0 Å². The zero-order valence-corrected chi connectivity index (χ0v) is 12.8. The minimum absolute atomic E-state index is 0.0880. The monoisotopic (exact) mass is 260 g/mol. The Bertz CT molecular complexity index is 596. The number of benzene rings is 1. The molecule has 0 radical (unpaired) electrons. The summed E-state index contributed by atoms with van der Waals surface area (Å²) in [5.41, 5.74) is 3.98. The number of nitrogens with zero attached hydrogens (tertiary/aromatic N) is 1. The van der Waals surface area contributed by atoms with E-state index in [2.05, 4.69) is 49.8 Å². The van der Waals surface area contributed by atoms with Crippen LogP contribution in [-0.4, -0.2) is 25.3 Å². The lowest BCUT2D eigenvalue weighted by atomic mass is 9.82. The minimum atomic E-state index is 0.0880. The molecule has 0 aliphatic carbocycles. The maximum Gasteiger partial charge on any atom is 0.143 e. The number of ether oxygens (including phenoxy) is 1. The Kier molecular flexibility index (Phi) is 3.59. The summed E-state index contributed by atoms with van der Waals surface area (Å²) in [5, 5.41) is 4.59. The van der Waals surface area contributed by atoms with E-state index in [4.69, 9.17) is 4.74 Å². The van der Waals surface area contributed by atoms with Crippen LogP contribution in [0.25, 0.3) is 10.9 Å². The molecule has 0 fully saturated rings. The molecule has 0 amide bonds. The molecular weight excluding hydrogens is 236 g/mol. The van der Waals surface area contributed by atoms with E-state index in [-0.39, 0.29) is 5.41 Å². The number of nitrogens with one attached hydrogen (secondary N) is 1. The van der Waals surface area contributed by atoms with Crippen molar-refractivity contribution in [2.45, 2.75) is 26.2 Å². The van der Waals surface area contributed by atoms with Crippen LogP contribution in [0.5, 0.6) is 5.75 Å². The number of fused-ring (bicyclic) bond motifs is 1. The summed E-state index contributed by atoms with van der Waals surface area (Å²) in [6.45, 7) is 7.70. The highest BCUT2D eigenvalue weighted by Crippen LogP contribution is 2.38. The van der Waals surface area contributed by atoms with Gasteiger partial charge in [0.15, 0.2) is 0 Å². The SMILES string of the molecule is CNCC(C)(C)c1c(C)n(C)c2c(OC)cccc12. The lowest BCUT2D eigenvalue weighted by Crippen LogP contribution is -2.31. The average molecular weight is 260 g/mol. The van der Waals surface area contributed by atoms with Crippen molar-refractivity contribution in [2.24, 2.45) is 7.05 Å². The van der Waals surface area contributed by atoms with Gasteiger partial charge in [-0.3, -0.25) is 0 Å². The Labute approximate surface area is 115 Å². The first kappa shape index (κ1) is 13.9. The van der Waals surface area contributed by atoms with Crippen molar-refractivity contribution in [2.75, 3.05) is 20.7 Å². The highest BCUT2D eigenvalue weighted by Gasteiger charge is 2.27. The van der Waals surface area contributed by atoms with E-state index >= 15 is 0 Å². The van der Waals surface area contributed by atoms with E-state index in [1.54, 1.807) is 7.11 Å². The Morgan fingerprint density at radius 1 is 1.32 bits per heavy atom. The molecule has 0 aliphatic rings. The van der Waals surface area contributed by atoms with Crippen LogP contribution in [0.4, 0.5) is 0 Å². The third-order valence-corrected chi connectivity index (χ3v) is 3.98. The van der Waals surface area contributed by atoms with Crippen molar-refractivity contribution in [1.82, 2.24) is 9.88 Å². The molecular formula is C16H24N2O. The molecule has 1 aromatic heterocycles. The van der Waals surface area contributed by atoms with Gasteiger partial charge in [0.1, 0.15) is 5.75 Å². The molecule has 0 bridgehead atoms. The molecule has 0 atom stereocenters. The first-order valence-electron chi connectivity index (χ1n) is 6.71. The molecule has 0 aliphatic heterocycles. The maximum absolute atomic E-state index is 5.51. The second-order valence-corrected chi connectivity index (χ2v) is 5.79. The number of likely N-dealkylation sites (N-methyl/N-ethyl adjacent to an activating group) is 1. The van der Waals surface area contributed by atoms with Crippen molar-refractivity contribution in [3.63, 3.8) is 0 Å². The van der Waals surface area contributed by atoms with Gasteiger partial charge in [0, 0.05) is 30.1 Å². The highest BCUT2D eigenvalue weighted by atomic mass is 16.5. The van der Waals surface area contributed by atoms with Crippen molar-refractivity contribution in [1.29, 1.82) is 0 Å². The summed E-state index contributed by atoms with van der Waals surface area (Å²) in [5.74, 6) is 0.939. The van der Waals surface area contributed by atoms with E-state index in [9.17, 15) is 0 Å². The molecule has 0 unspecified atom stereocenters. The molecule has 1 N–H and O–H groups in total. The van der Waals surface area contributed by atoms with Gasteiger partial charge in [-0.25, -0.2) is 0 Å². The molecule has 2 aromatic rings. The second kappa shape index (κ2) is 4.89. The summed E-state index contributed by atoms with van der Waals surface area (Å²) in [6.07, 6.45) is 0. The first-order chi connectivity index (χ1) is 8.94. The minimum Gasteiger partial charge on any atom is -0.495 e. The lowest BCUT2D eigenvalue weighted by molar-refractivity contribution is 0.418. The quantitative estimate of drug-likeness (QED) is 0.914. The fraction of sp³-hybridized carbons (Fsp3) is 0.500. The van der Waals surface area contributed by atoms with Gasteiger partial charge in [-0.2, -0.15) is 0 Å². The van der Waals surface area contributed by atoms with E-state index in [0.29, 0.717) is 0 Å². The lowest BCUT2D eigenvalue weighted by Gasteiger charge is -2.25. The first-order valence-corrected chi connectivity index (χ1v) is 6.71. The molecule has 1 heterocycles. The molecule has 0 saturated carbocycles. The van der Waals surface area contributed by atoms with Crippen LogP contribution in [0, 0.1) is 6.92 Å². The van der Waals surface area contributed by atoms with Crippen LogP contribution in [-0.2, 0) is 12.5 Å². The average Bonchev–Trinajstić information content (AvgIpc) is 2.62. The normalized spacial score (nSPS) is 12.1. The molecule has 19 heavy (non-hydrogen) atoms. The van der Waals surface area contributed by atoms with Crippen molar-refractivity contribution >= 4 is 10.9 Å². The van der Waals surface area contributed by atoms with Gasteiger partial charge >= 0.3 is 0 Å². The Balaban J connectivity index is 2.79. The predicted molar refractivity (Wildman–Crippen MR) is 81.2 cm³/mol. The summed E-state index contributed by atoms with van der Waals surface area (Å²) >= 11 is 0. The summed E-state index contributed by atoms with van der Waals surface area (Å²) in [4.78, 5) is 0. The fourth-order valence-electron chi connectivity index (χ4n) is 3.15. The van der Waals surface area contributed by atoms with Crippen molar-refractivity contribution in [3.05, 3.63) is 29.5 Å². The van der Waals surface area contributed by atoms with Gasteiger partial charge in [0.2, 0.25) is 0 Å². The molecule has 3 heteroatoms. The Hall–Kier alpha value is -1.48.